The van der Waals surface area contributed by atoms with E-state index in [9.17, 15) is 9.18 Å². The van der Waals surface area contributed by atoms with Crippen molar-refractivity contribution in [3.8, 4) is 0 Å². The van der Waals surface area contributed by atoms with Crippen molar-refractivity contribution in [1.29, 1.82) is 0 Å². The van der Waals surface area contributed by atoms with E-state index in [0.717, 1.165) is 38.5 Å². The van der Waals surface area contributed by atoms with Gasteiger partial charge in [-0.2, -0.15) is 0 Å². The largest absolute Gasteiger partial charge is 0.354 e. The molecule has 2 heterocycles. The predicted molar refractivity (Wildman–Crippen MR) is 120 cm³/mol. The molecule has 0 saturated carbocycles. The van der Waals surface area contributed by atoms with E-state index >= 15 is 0 Å². The molecule has 1 amide bonds. The van der Waals surface area contributed by atoms with Crippen LogP contribution in [-0.4, -0.2) is 47.0 Å². The van der Waals surface area contributed by atoms with Crippen LogP contribution in [0.4, 0.5) is 16.0 Å². The van der Waals surface area contributed by atoms with Crippen molar-refractivity contribution < 1.29 is 9.18 Å². The Bertz CT molecular complexity index is 1020. The molecule has 8 heteroatoms. The molecule has 1 saturated heterocycles. The van der Waals surface area contributed by atoms with Crippen LogP contribution in [0, 0.1) is 5.82 Å². The standard InChI is InChI=1S/C23H23ClFN5O/c24-19-7-4-8-20(25)18(19)13-23(31)28-21-14-22(27-16-26-21)30-11-9-29(10-12-30)15-17-5-2-1-3-6-17/h1-8,14,16H,9-13,15H2,(H,26,27,28,31). The van der Waals surface area contributed by atoms with Crippen LogP contribution in [0.5, 0.6) is 0 Å². The van der Waals surface area contributed by atoms with E-state index in [4.69, 9.17) is 11.6 Å². The fourth-order valence-corrected chi connectivity index (χ4v) is 3.84. The van der Waals surface area contributed by atoms with Gasteiger partial charge in [0.1, 0.15) is 23.8 Å². The topological polar surface area (TPSA) is 61.4 Å². The van der Waals surface area contributed by atoms with E-state index in [1.165, 1.54) is 24.0 Å². The van der Waals surface area contributed by atoms with Crippen LogP contribution in [0.15, 0.2) is 60.9 Å². The summed E-state index contributed by atoms with van der Waals surface area (Å²) in [4.78, 5) is 25.4. The van der Waals surface area contributed by atoms with Gasteiger partial charge < -0.3 is 10.2 Å². The average Bonchev–Trinajstić information content (AvgIpc) is 2.78. The summed E-state index contributed by atoms with van der Waals surface area (Å²) < 4.78 is 13.9. The first-order valence-corrected chi connectivity index (χ1v) is 10.5. The fraction of sp³-hybridized carbons (Fsp3) is 0.261. The van der Waals surface area contributed by atoms with E-state index < -0.39 is 5.82 Å². The highest BCUT2D eigenvalue weighted by molar-refractivity contribution is 6.31. The Morgan fingerprint density at radius 2 is 1.81 bits per heavy atom. The molecule has 0 atom stereocenters. The number of nitrogens with zero attached hydrogens (tertiary/aromatic N) is 4. The monoisotopic (exact) mass is 439 g/mol. The van der Waals surface area contributed by atoms with Crippen LogP contribution in [0.1, 0.15) is 11.1 Å². The first-order valence-electron chi connectivity index (χ1n) is 10.1. The summed E-state index contributed by atoms with van der Waals surface area (Å²) in [5.74, 6) is 0.256. The number of halogens is 2. The van der Waals surface area contributed by atoms with E-state index in [1.54, 1.807) is 12.1 Å². The maximum absolute atomic E-state index is 13.9. The third-order valence-electron chi connectivity index (χ3n) is 5.26. The first-order chi connectivity index (χ1) is 15.1. The Labute approximate surface area is 185 Å². The Kier molecular flexibility index (Phi) is 6.74. The summed E-state index contributed by atoms with van der Waals surface area (Å²) >= 11 is 6.01. The van der Waals surface area contributed by atoms with Gasteiger partial charge in [0.15, 0.2) is 0 Å². The number of nitrogens with one attached hydrogen (secondary N) is 1. The van der Waals surface area contributed by atoms with Crippen LogP contribution in [-0.2, 0) is 17.8 Å². The second-order valence-electron chi connectivity index (χ2n) is 7.44. The zero-order valence-electron chi connectivity index (χ0n) is 17.0. The lowest BCUT2D eigenvalue weighted by Crippen LogP contribution is -2.46. The minimum Gasteiger partial charge on any atom is -0.354 e. The number of benzene rings is 2. The number of rotatable bonds is 6. The van der Waals surface area contributed by atoms with Gasteiger partial charge in [-0.15, -0.1) is 0 Å². The van der Waals surface area contributed by atoms with E-state index in [0.29, 0.717) is 5.82 Å². The lowest BCUT2D eigenvalue weighted by atomic mass is 10.1. The molecule has 31 heavy (non-hydrogen) atoms. The quantitative estimate of drug-likeness (QED) is 0.633. The average molecular weight is 440 g/mol. The molecular weight excluding hydrogens is 417 g/mol. The molecule has 0 bridgehead atoms. The number of carbonyl (C=O) groups excluding carboxylic acids is 1. The lowest BCUT2D eigenvalue weighted by molar-refractivity contribution is -0.115. The number of piperazine rings is 1. The second kappa shape index (κ2) is 9.85. The van der Waals surface area contributed by atoms with Crippen molar-refractivity contribution in [2.45, 2.75) is 13.0 Å². The Morgan fingerprint density at radius 3 is 2.55 bits per heavy atom. The third-order valence-corrected chi connectivity index (χ3v) is 5.62. The molecule has 1 aromatic heterocycles. The van der Waals surface area contributed by atoms with Gasteiger partial charge >= 0.3 is 0 Å². The molecule has 1 aliphatic rings. The van der Waals surface area contributed by atoms with Gasteiger partial charge in [-0.05, 0) is 17.7 Å². The molecule has 3 aromatic rings. The van der Waals surface area contributed by atoms with Crippen molar-refractivity contribution in [2.24, 2.45) is 0 Å². The molecule has 0 unspecified atom stereocenters. The van der Waals surface area contributed by atoms with Crippen LogP contribution < -0.4 is 10.2 Å². The maximum atomic E-state index is 13.9. The number of amides is 1. The molecule has 2 aromatic carbocycles. The van der Waals surface area contributed by atoms with Gasteiger partial charge in [0.2, 0.25) is 5.91 Å². The number of hydrogen-bond acceptors (Lipinski definition) is 5. The summed E-state index contributed by atoms with van der Waals surface area (Å²) in [6.07, 6.45) is 1.26. The van der Waals surface area contributed by atoms with E-state index in [-0.39, 0.29) is 22.9 Å². The Balaban J connectivity index is 1.34. The molecule has 6 nitrogen and oxygen atoms in total. The van der Waals surface area contributed by atoms with Gasteiger partial charge in [-0.1, -0.05) is 48.0 Å². The highest BCUT2D eigenvalue weighted by atomic mass is 35.5. The molecule has 0 aliphatic carbocycles. The number of anilines is 2. The molecular formula is C23H23ClFN5O. The van der Waals surface area contributed by atoms with Gasteiger partial charge in [-0.25, -0.2) is 14.4 Å². The minimum absolute atomic E-state index is 0.164. The van der Waals surface area contributed by atoms with E-state index in [1.807, 2.05) is 6.07 Å². The molecule has 1 N–H and O–H groups in total. The maximum Gasteiger partial charge on any atom is 0.230 e. The molecule has 1 fully saturated rings. The van der Waals surface area contributed by atoms with Gasteiger partial charge in [0, 0.05) is 49.4 Å². The number of hydrogen-bond donors (Lipinski definition) is 1. The smallest absolute Gasteiger partial charge is 0.230 e. The van der Waals surface area contributed by atoms with Crippen molar-refractivity contribution in [3.05, 3.63) is 82.9 Å². The van der Waals surface area contributed by atoms with Gasteiger partial charge in [0.25, 0.3) is 0 Å². The zero-order chi connectivity index (χ0) is 21.6. The number of carbonyl (C=O) groups is 1. The normalized spacial score (nSPS) is 14.5. The summed E-state index contributed by atoms with van der Waals surface area (Å²) in [6.45, 7) is 4.45. The predicted octanol–water partition coefficient (Wildman–Crippen LogP) is 3.77. The summed E-state index contributed by atoms with van der Waals surface area (Å²) in [6, 6.07) is 16.5. The molecule has 1 aliphatic heterocycles. The van der Waals surface area contributed by atoms with Crippen LogP contribution in [0.3, 0.4) is 0 Å². The first kappa shape index (κ1) is 21.2. The molecule has 0 radical (unpaired) electrons. The summed E-state index contributed by atoms with van der Waals surface area (Å²) in [5.41, 5.74) is 1.48. The Hall–Kier alpha value is -3.03. The van der Waals surface area contributed by atoms with Crippen molar-refractivity contribution in [3.63, 3.8) is 0 Å². The van der Waals surface area contributed by atoms with Crippen LogP contribution >= 0.6 is 11.6 Å². The van der Waals surface area contributed by atoms with Gasteiger partial charge in [-0.3, -0.25) is 9.69 Å². The lowest BCUT2D eigenvalue weighted by Gasteiger charge is -2.35. The van der Waals surface area contributed by atoms with Gasteiger partial charge in [0.05, 0.1) is 6.42 Å². The molecule has 160 valence electrons. The highest BCUT2D eigenvalue weighted by Crippen LogP contribution is 2.21. The second-order valence-corrected chi connectivity index (χ2v) is 7.84. The van der Waals surface area contributed by atoms with E-state index in [2.05, 4.69) is 49.4 Å². The van der Waals surface area contributed by atoms with Crippen LogP contribution in [0.25, 0.3) is 0 Å². The third kappa shape index (κ3) is 5.57. The molecule has 4 rings (SSSR count). The Morgan fingerprint density at radius 1 is 1.03 bits per heavy atom. The number of aromatic nitrogens is 2. The summed E-state index contributed by atoms with van der Waals surface area (Å²) in [7, 11) is 0. The summed E-state index contributed by atoms with van der Waals surface area (Å²) in [5, 5.41) is 2.94. The van der Waals surface area contributed by atoms with Crippen molar-refractivity contribution >= 4 is 29.1 Å². The SMILES string of the molecule is O=C(Cc1c(F)cccc1Cl)Nc1cc(N2CCN(Cc3ccccc3)CC2)ncn1. The zero-order valence-corrected chi connectivity index (χ0v) is 17.7. The molecule has 0 spiro atoms. The van der Waals surface area contributed by atoms with Crippen molar-refractivity contribution in [2.75, 3.05) is 36.4 Å². The van der Waals surface area contributed by atoms with Crippen LogP contribution in [0.2, 0.25) is 5.02 Å². The fourth-order valence-electron chi connectivity index (χ4n) is 3.61. The highest BCUT2D eigenvalue weighted by Gasteiger charge is 2.19. The minimum atomic E-state index is -0.501. The van der Waals surface area contributed by atoms with Crippen molar-refractivity contribution in [1.82, 2.24) is 14.9 Å².